The van der Waals surface area contributed by atoms with Crippen molar-refractivity contribution in [2.24, 2.45) is 0 Å². The molecule has 1 N–H and O–H groups in total. The number of methoxy groups -OCH3 is 1. The third-order valence-electron chi connectivity index (χ3n) is 4.22. The van der Waals surface area contributed by atoms with Crippen molar-refractivity contribution in [3.05, 3.63) is 54.1 Å². The van der Waals surface area contributed by atoms with Gasteiger partial charge >= 0.3 is 0 Å². The molecular weight excluding hydrogens is 274 g/mol. The molecule has 0 amide bonds. The van der Waals surface area contributed by atoms with Crippen molar-refractivity contribution in [2.45, 2.75) is 25.3 Å². The Bertz CT molecular complexity index is 625. The van der Waals surface area contributed by atoms with Crippen LogP contribution in [0.1, 0.15) is 29.6 Å². The number of hydrogen-bond donors (Lipinski definition) is 1. The van der Waals surface area contributed by atoms with E-state index < -0.39 is 0 Å². The summed E-state index contributed by atoms with van der Waals surface area (Å²) < 4.78 is 5.17. The Morgan fingerprint density at radius 1 is 1.00 bits per heavy atom. The summed E-state index contributed by atoms with van der Waals surface area (Å²) in [4.78, 5) is 12.5. The summed E-state index contributed by atoms with van der Waals surface area (Å²) in [5, 5.41) is 3.31. The van der Waals surface area contributed by atoms with E-state index in [-0.39, 0.29) is 11.8 Å². The lowest BCUT2D eigenvalue weighted by Crippen LogP contribution is -2.40. The molecule has 1 heterocycles. The van der Waals surface area contributed by atoms with Crippen molar-refractivity contribution >= 4 is 5.78 Å². The average molecular weight is 295 g/mol. The molecule has 0 spiro atoms. The van der Waals surface area contributed by atoms with Gasteiger partial charge in [-0.3, -0.25) is 4.79 Å². The number of piperidine rings is 1. The van der Waals surface area contributed by atoms with Crippen molar-refractivity contribution in [2.75, 3.05) is 13.7 Å². The normalized spacial score (nSPS) is 18.0. The van der Waals surface area contributed by atoms with E-state index in [2.05, 4.69) is 5.32 Å². The van der Waals surface area contributed by atoms with E-state index in [1.54, 1.807) is 7.11 Å². The number of nitrogens with one attached hydrogen (secondary N) is 1. The Morgan fingerprint density at radius 3 is 2.18 bits per heavy atom. The van der Waals surface area contributed by atoms with Crippen LogP contribution in [0.4, 0.5) is 0 Å². The molecule has 0 aliphatic carbocycles. The van der Waals surface area contributed by atoms with Gasteiger partial charge in [-0.15, -0.1) is 0 Å². The zero-order chi connectivity index (χ0) is 15.4. The molecule has 1 aliphatic heterocycles. The van der Waals surface area contributed by atoms with Crippen molar-refractivity contribution in [3.63, 3.8) is 0 Å². The lowest BCUT2D eigenvalue weighted by Gasteiger charge is -2.22. The smallest absolute Gasteiger partial charge is 0.179 e. The predicted molar refractivity (Wildman–Crippen MR) is 88.4 cm³/mol. The Morgan fingerprint density at radius 2 is 1.64 bits per heavy atom. The standard InChI is InChI=1S/C19H21NO2/c1-22-17-11-9-15(10-12-17)14-5-7-16(8-6-14)19(21)18-4-2-3-13-20-18/h5-12,18,20H,2-4,13H2,1H3. The molecule has 0 saturated carbocycles. The minimum absolute atomic E-state index is 0.0133. The van der Waals surface area contributed by atoms with Crippen LogP contribution in [0, 0.1) is 0 Å². The molecular formula is C19H21NO2. The first kappa shape index (κ1) is 14.8. The average Bonchev–Trinajstić information content (AvgIpc) is 2.62. The van der Waals surface area contributed by atoms with E-state index in [9.17, 15) is 4.79 Å². The number of ketones is 1. The summed E-state index contributed by atoms with van der Waals surface area (Å²) >= 11 is 0. The molecule has 2 aromatic carbocycles. The molecule has 0 aromatic heterocycles. The zero-order valence-electron chi connectivity index (χ0n) is 12.8. The number of Topliss-reactive ketones (excluding diaryl/α,β-unsaturated/α-hetero) is 1. The van der Waals surface area contributed by atoms with Crippen molar-refractivity contribution in [3.8, 4) is 16.9 Å². The van der Waals surface area contributed by atoms with Gasteiger partial charge < -0.3 is 10.1 Å². The molecule has 3 heteroatoms. The van der Waals surface area contributed by atoms with Gasteiger partial charge in [0, 0.05) is 5.56 Å². The van der Waals surface area contributed by atoms with Gasteiger partial charge in [0.2, 0.25) is 0 Å². The summed E-state index contributed by atoms with van der Waals surface area (Å²) in [7, 11) is 1.66. The van der Waals surface area contributed by atoms with Gasteiger partial charge in [-0.2, -0.15) is 0 Å². The first-order chi connectivity index (χ1) is 10.8. The monoisotopic (exact) mass is 295 g/mol. The van der Waals surface area contributed by atoms with Gasteiger partial charge in [-0.1, -0.05) is 42.8 Å². The fourth-order valence-electron chi connectivity index (χ4n) is 2.89. The van der Waals surface area contributed by atoms with Gasteiger partial charge in [0.15, 0.2) is 5.78 Å². The molecule has 1 aliphatic rings. The van der Waals surface area contributed by atoms with Crippen LogP contribution < -0.4 is 10.1 Å². The molecule has 0 radical (unpaired) electrons. The lowest BCUT2D eigenvalue weighted by molar-refractivity contribution is 0.0927. The predicted octanol–water partition coefficient (Wildman–Crippen LogP) is 3.69. The molecule has 0 bridgehead atoms. The highest BCUT2D eigenvalue weighted by Crippen LogP contribution is 2.23. The van der Waals surface area contributed by atoms with Crippen molar-refractivity contribution in [1.29, 1.82) is 0 Å². The summed E-state index contributed by atoms with van der Waals surface area (Å²) in [5.41, 5.74) is 3.02. The second-order valence-electron chi connectivity index (χ2n) is 5.67. The molecule has 1 atom stereocenters. The van der Waals surface area contributed by atoms with Crippen LogP contribution in [-0.2, 0) is 0 Å². The summed E-state index contributed by atoms with van der Waals surface area (Å²) in [6.07, 6.45) is 3.24. The molecule has 1 saturated heterocycles. The second kappa shape index (κ2) is 6.75. The van der Waals surface area contributed by atoms with Crippen LogP contribution in [0.15, 0.2) is 48.5 Å². The van der Waals surface area contributed by atoms with Crippen LogP contribution in [0.5, 0.6) is 5.75 Å². The number of rotatable bonds is 4. The molecule has 1 fully saturated rings. The maximum Gasteiger partial charge on any atom is 0.179 e. The molecule has 22 heavy (non-hydrogen) atoms. The fourth-order valence-corrected chi connectivity index (χ4v) is 2.89. The Kier molecular flexibility index (Phi) is 4.54. The third-order valence-corrected chi connectivity index (χ3v) is 4.22. The quantitative estimate of drug-likeness (QED) is 0.874. The maximum atomic E-state index is 12.5. The van der Waals surface area contributed by atoms with E-state index in [1.807, 2.05) is 48.5 Å². The van der Waals surface area contributed by atoms with E-state index in [4.69, 9.17) is 4.74 Å². The van der Waals surface area contributed by atoms with E-state index >= 15 is 0 Å². The van der Waals surface area contributed by atoms with Gasteiger partial charge in [0.05, 0.1) is 13.2 Å². The molecule has 2 aromatic rings. The number of benzene rings is 2. The van der Waals surface area contributed by atoms with Gasteiger partial charge in [-0.25, -0.2) is 0 Å². The molecule has 1 unspecified atom stereocenters. The largest absolute Gasteiger partial charge is 0.497 e. The minimum atomic E-state index is -0.0133. The Balaban J connectivity index is 1.75. The number of ether oxygens (including phenoxy) is 1. The third kappa shape index (κ3) is 3.20. The first-order valence-corrected chi connectivity index (χ1v) is 7.80. The number of carbonyl (C=O) groups excluding carboxylic acids is 1. The topological polar surface area (TPSA) is 38.3 Å². The number of carbonyl (C=O) groups is 1. The second-order valence-corrected chi connectivity index (χ2v) is 5.67. The van der Waals surface area contributed by atoms with Gasteiger partial charge in [-0.05, 0) is 42.6 Å². The summed E-state index contributed by atoms with van der Waals surface area (Å²) in [5.74, 6) is 1.06. The lowest BCUT2D eigenvalue weighted by atomic mass is 9.95. The highest BCUT2D eigenvalue weighted by molar-refractivity contribution is 6.00. The Labute approximate surface area is 131 Å². The number of hydrogen-bond acceptors (Lipinski definition) is 3. The van der Waals surface area contributed by atoms with Crippen LogP contribution in [0.3, 0.4) is 0 Å². The summed E-state index contributed by atoms with van der Waals surface area (Å²) in [6, 6.07) is 15.8. The van der Waals surface area contributed by atoms with Crippen LogP contribution in [0.2, 0.25) is 0 Å². The van der Waals surface area contributed by atoms with Crippen molar-refractivity contribution < 1.29 is 9.53 Å². The minimum Gasteiger partial charge on any atom is -0.497 e. The first-order valence-electron chi connectivity index (χ1n) is 7.80. The van der Waals surface area contributed by atoms with E-state index in [0.717, 1.165) is 41.8 Å². The molecule has 3 nitrogen and oxygen atoms in total. The summed E-state index contributed by atoms with van der Waals surface area (Å²) in [6.45, 7) is 0.945. The molecule has 114 valence electrons. The highest BCUT2D eigenvalue weighted by atomic mass is 16.5. The van der Waals surface area contributed by atoms with Crippen molar-refractivity contribution in [1.82, 2.24) is 5.32 Å². The van der Waals surface area contributed by atoms with Crippen LogP contribution >= 0.6 is 0 Å². The zero-order valence-corrected chi connectivity index (χ0v) is 12.8. The van der Waals surface area contributed by atoms with Crippen LogP contribution in [-0.4, -0.2) is 25.5 Å². The highest BCUT2D eigenvalue weighted by Gasteiger charge is 2.21. The fraction of sp³-hybridized carbons (Fsp3) is 0.316. The SMILES string of the molecule is COc1ccc(-c2ccc(C(=O)C3CCCCN3)cc2)cc1. The van der Waals surface area contributed by atoms with E-state index in [0.29, 0.717) is 0 Å². The maximum absolute atomic E-state index is 12.5. The van der Waals surface area contributed by atoms with Gasteiger partial charge in [0.1, 0.15) is 5.75 Å². The van der Waals surface area contributed by atoms with Gasteiger partial charge in [0.25, 0.3) is 0 Å². The Hall–Kier alpha value is -2.13. The molecule has 3 rings (SSSR count). The van der Waals surface area contributed by atoms with E-state index in [1.165, 1.54) is 6.42 Å². The van der Waals surface area contributed by atoms with Crippen LogP contribution in [0.25, 0.3) is 11.1 Å².